The van der Waals surface area contributed by atoms with Crippen LogP contribution in [-0.4, -0.2) is 44.5 Å². The van der Waals surface area contributed by atoms with Gasteiger partial charge in [-0.05, 0) is 36.3 Å². The number of aliphatic hydroxyl groups excluding tert-OH is 1. The Hall–Kier alpha value is -1.60. The zero-order chi connectivity index (χ0) is 20.4. The van der Waals surface area contributed by atoms with Crippen molar-refractivity contribution >= 4 is 28.3 Å². The van der Waals surface area contributed by atoms with Gasteiger partial charge in [0.1, 0.15) is 0 Å². The minimum Gasteiger partial charge on any atom is -0.391 e. The van der Waals surface area contributed by atoms with Gasteiger partial charge in [-0.15, -0.1) is 0 Å². The van der Waals surface area contributed by atoms with Crippen LogP contribution in [0.25, 0.3) is 0 Å². The number of nitrogens with zero attached hydrogens (tertiary/aromatic N) is 3. The topological polar surface area (TPSA) is 79.0 Å². The summed E-state index contributed by atoms with van der Waals surface area (Å²) in [6.45, 7) is 12.9. The maximum Gasteiger partial charge on any atom is 0.269 e. The summed E-state index contributed by atoms with van der Waals surface area (Å²) < 4.78 is 0. The van der Waals surface area contributed by atoms with Crippen LogP contribution in [0, 0.1) is 28.4 Å². The molecule has 27 heavy (non-hydrogen) atoms. The minimum atomic E-state index is -0.464. The molecule has 0 aromatic heterocycles. The molecule has 1 aliphatic rings. The monoisotopic (exact) mass is 393 g/mol. The molecule has 1 saturated heterocycles. The second-order valence-corrected chi connectivity index (χ2v) is 9.74. The number of thioether (sulfide) groups is 1. The van der Waals surface area contributed by atoms with Gasteiger partial charge in [-0.2, -0.15) is 0 Å². The first-order valence-corrected chi connectivity index (χ1v) is 10.4. The lowest BCUT2D eigenvalue weighted by molar-refractivity contribution is -0.384. The van der Waals surface area contributed by atoms with Crippen LogP contribution in [0.5, 0.6) is 0 Å². The fraction of sp³-hybridized carbons (Fsp3) is 0.650. The van der Waals surface area contributed by atoms with Gasteiger partial charge in [0.2, 0.25) is 0 Å². The summed E-state index contributed by atoms with van der Waals surface area (Å²) in [5.41, 5.74) is 1.39. The minimum absolute atomic E-state index is 0.0771. The third kappa shape index (κ3) is 5.69. The molecule has 1 aromatic rings. The molecule has 0 spiro atoms. The molecule has 1 aromatic carbocycles. The zero-order valence-electron chi connectivity index (χ0n) is 17.1. The lowest BCUT2D eigenvalue weighted by Crippen LogP contribution is -2.44. The van der Waals surface area contributed by atoms with Crippen molar-refractivity contribution in [1.29, 1.82) is 0 Å². The van der Waals surface area contributed by atoms with Crippen LogP contribution in [0.4, 0.5) is 11.4 Å². The normalized spacial score (nSPS) is 20.5. The van der Waals surface area contributed by atoms with E-state index in [0.717, 1.165) is 28.6 Å². The van der Waals surface area contributed by atoms with E-state index in [4.69, 9.17) is 4.99 Å². The maximum atomic E-state index is 11.0. The molecule has 150 valence electrons. The highest BCUT2D eigenvalue weighted by molar-refractivity contribution is 8.14. The molecular weight excluding hydrogens is 362 g/mol. The number of hydrogen-bond donors (Lipinski definition) is 1. The number of non-ortho nitro benzene ring substituents is 1. The summed E-state index contributed by atoms with van der Waals surface area (Å²) in [7, 11) is 0. The molecule has 1 N–H and O–H groups in total. The summed E-state index contributed by atoms with van der Waals surface area (Å²) in [6.07, 6.45) is 0.580. The van der Waals surface area contributed by atoms with Crippen molar-refractivity contribution in [2.75, 3.05) is 12.3 Å². The maximum absolute atomic E-state index is 11.0. The fourth-order valence-corrected chi connectivity index (χ4v) is 4.21. The quantitative estimate of drug-likeness (QED) is 0.557. The van der Waals surface area contributed by atoms with Crippen LogP contribution < -0.4 is 0 Å². The van der Waals surface area contributed by atoms with Crippen molar-refractivity contribution in [3.63, 3.8) is 0 Å². The van der Waals surface area contributed by atoms with Crippen LogP contribution in [0.2, 0.25) is 0 Å². The molecule has 2 rings (SSSR count). The largest absolute Gasteiger partial charge is 0.391 e. The van der Waals surface area contributed by atoms with Gasteiger partial charge in [-0.1, -0.05) is 46.4 Å². The molecule has 0 radical (unpaired) electrons. The Kier molecular flexibility index (Phi) is 6.92. The number of aliphatic hydroxyl groups is 1. The molecule has 1 aliphatic heterocycles. The van der Waals surface area contributed by atoms with E-state index < -0.39 is 6.10 Å². The van der Waals surface area contributed by atoms with Crippen LogP contribution in [-0.2, 0) is 0 Å². The van der Waals surface area contributed by atoms with Gasteiger partial charge >= 0.3 is 0 Å². The Morgan fingerprint density at radius 1 is 1.41 bits per heavy atom. The Morgan fingerprint density at radius 2 is 2.07 bits per heavy atom. The Labute approximate surface area is 166 Å². The van der Waals surface area contributed by atoms with Crippen molar-refractivity contribution in [2.24, 2.45) is 16.3 Å². The van der Waals surface area contributed by atoms with Crippen molar-refractivity contribution in [3.05, 3.63) is 33.9 Å². The molecule has 1 fully saturated rings. The van der Waals surface area contributed by atoms with Crippen molar-refractivity contribution < 1.29 is 10.0 Å². The lowest BCUT2D eigenvalue weighted by Gasteiger charge is -2.34. The van der Waals surface area contributed by atoms with E-state index in [1.165, 1.54) is 6.07 Å². The Morgan fingerprint density at radius 3 is 2.59 bits per heavy atom. The van der Waals surface area contributed by atoms with Gasteiger partial charge in [0.25, 0.3) is 5.69 Å². The van der Waals surface area contributed by atoms with E-state index in [-0.39, 0.29) is 16.0 Å². The highest BCUT2D eigenvalue weighted by Crippen LogP contribution is 2.33. The van der Waals surface area contributed by atoms with Crippen molar-refractivity contribution in [2.45, 2.75) is 60.1 Å². The molecule has 0 aliphatic carbocycles. The molecule has 1 heterocycles. The van der Waals surface area contributed by atoms with Gasteiger partial charge in [-0.25, -0.2) is 4.99 Å². The van der Waals surface area contributed by atoms with E-state index in [0.29, 0.717) is 18.5 Å². The number of aryl methyl sites for hydroxylation is 1. The van der Waals surface area contributed by atoms with Gasteiger partial charge in [0, 0.05) is 30.5 Å². The summed E-state index contributed by atoms with van der Waals surface area (Å²) in [5.74, 6) is 1.50. The van der Waals surface area contributed by atoms with E-state index in [9.17, 15) is 15.2 Å². The van der Waals surface area contributed by atoms with E-state index in [2.05, 4.69) is 18.7 Å². The van der Waals surface area contributed by atoms with E-state index in [1.807, 2.05) is 27.7 Å². The first-order chi connectivity index (χ1) is 12.5. The summed E-state index contributed by atoms with van der Waals surface area (Å²) in [4.78, 5) is 17.6. The third-order valence-electron chi connectivity index (χ3n) is 4.81. The van der Waals surface area contributed by atoms with Crippen LogP contribution in [0.15, 0.2) is 23.2 Å². The van der Waals surface area contributed by atoms with Crippen molar-refractivity contribution in [3.8, 4) is 0 Å². The SMILES string of the molecule is Cc1cc([N+](=O)[O-])ccc1N=C1SC[C@H](CC(C)C)N1CC(O)C(C)(C)C. The highest BCUT2D eigenvalue weighted by Gasteiger charge is 2.35. The van der Waals surface area contributed by atoms with Gasteiger partial charge in [-0.3, -0.25) is 10.1 Å². The second kappa shape index (κ2) is 8.61. The van der Waals surface area contributed by atoms with Crippen LogP contribution >= 0.6 is 11.8 Å². The Bertz CT molecular complexity index is 713. The standard InChI is InChI=1S/C20H31N3O3S/c1-13(2)9-16-12-27-19(22(16)11-18(24)20(4,5)6)21-17-8-7-15(23(25)26)10-14(17)3/h7-8,10,13,16,18,24H,9,11-12H2,1-6H3/t16-,18?/m0/s1. The number of β-amino-alcohol motifs (C(OH)–C–C–N with tert-alkyl or cyclic N) is 1. The van der Waals surface area contributed by atoms with Gasteiger partial charge in [0.05, 0.1) is 16.7 Å². The first kappa shape index (κ1) is 21.7. The highest BCUT2D eigenvalue weighted by atomic mass is 32.2. The molecule has 1 unspecified atom stereocenters. The molecule has 0 saturated carbocycles. The number of benzene rings is 1. The van der Waals surface area contributed by atoms with Crippen LogP contribution in [0.1, 0.15) is 46.6 Å². The predicted octanol–water partition coefficient (Wildman–Crippen LogP) is 4.76. The predicted molar refractivity (Wildman–Crippen MR) is 113 cm³/mol. The first-order valence-electron chi connectivity index (χ1n) is 9.40. The molecule has 2 atom stereocenters. The summed E-state index contributed by atoms with van der Waals surface area (Å²) in [6, 6.07) is 5.09. The van der Waals surface area contributed by atoms with Crippen LogP contribution in [0.3, 0.4) is 0 Å². The van der Waals surface area contributed by atoms with Crippen molar-refractivity contribution in [1.82, 2.24) is 4.90 Å². The second-order valence-electron chi connectivity index (χ2n) is 8.75. The molecule has 6 nitrogen and oxygen atoms in total. The number of nitro groups is 1. The number of hydrogen-bond acceptors (Lipinski definition) is 5. The number of aliphatic imine (C=N–C) groups is 1. The van der Waals surface area contributed by atoms with Gasteiger partial charge < -0.3 is 10.0 Å². The average Bonchev–Trinajstić information content (AvgIpc) is 2.89. The number of nitro benzene ring substituents is 1. The number of amidine groups is 1. The number of rotatable bonds is 6. The molecule has 0 amide bonds. The molecule has 0 bridgehead atoms. The zero-order valence-corrected chi connectivity index (χ0v) is 17.9. The molecule has 7 heteroatoms. The lowest BCUT2D eigenvalue weighted by atomic mass is 9.88. The van der Waals surface area contributed by atoms with E-state index >= 15 is 0 Å². The summed E-state index contributed by atoms with van der Waals surface area (Å²) >= 11 is 1.70. The molecular formula is C20H31N3O3S. The smallest absolute Gasteiger partial charge is 0.269 e. The van der Waals surface area contributed by atoms with E-state index in [1.54, 1.807) is 23.9 Å². The average molecular weight is 394 g/mol. The fourth-order valence-electron chi connectivity index (χ4n) is 3.00. The summed E-state index contributed by atoms with van der Waals surface area (Å²) in [5, 5.41) is 22.5. The third-order valence-corrected chi connectivity index (χ3v) is 5.95. The Balaban J connectivity index is 2.32. The van der Waals surface area contributed by atoms with Gasteiger partial charge in [0.15, 0.2) is 5.17 Å².